The van der Waals surface area contributed by atoms with Crippen molar-refractivity contribution in [2.45, 2.75) is 50.9 Å². The van der Waals surface area contributed by atoms with E-state index in [2.05, 4.69) is 79.5 Å². The van der Waals surface area contributed by atoms with E-state index in [1.165, 1.54) is 54.0 Å². The molecule has 0 spiro atoms. The zero-order valence-corrected chi connectivity index (χ0v) is 19.3. The predicted molar refractivity (Wildman–Crippen MR) is 134 cm³/mol. The predicted octanol–water partition coefficient (Wildman–Crippen LogP) is 6.97. The van der Waals surface area contributed by atoms with Gasteiger partial charge in [-0.1, -0.05) is 74.4 Å². The van der Waals surface area contributed by atoms with Gasteiger partial charge in [0.15, 0.2) is 0 Å². The maximum Gasteiger partial charge on any atom is 0.251 e. The van der Waals surface area contributed by atoms with Gasteiger partial charge in [0.05, 0.1) is 0 Å². The normalized spacial score (nSPS) is 19.8. The molecule has 2 unspecified atom stereocenters. The maximum absolute atomic E-state index is 12.1. The number of hydrogen-bond donors (Lipinski definition) is 2. The van der Waals surface area contributed by atoms with Crippen LogP contribution in [0.4, 0.5) is 0 Å². The van der Waals surface area contributed by atoms with Crippen LogP contribution >= 0.6 is 12.6 Å². The molecule has 3 aromatic rings. The third-order valence-corrected chi connectivity index (χ3v) is 7.09. The number of fused-ring (bicyclic) bond motifs is 1. The second-order valence-corrected chi connectivity index (χ2v) is 9.48. The van der Waals surface area contributed by atoms with Crippen molar-refractivity contribution in [1.29, 1.82) is 0 Å². The summed E-state index contributed by atoms with van der Waals surface area (Å²) in [6.07, 6.45) is 6.37. The average molecular weight is 432 g/mol. The molecule has 0 heterocycles. The van der Waals surface area contributed by atoms with Crippen LogP contribution in [0.1, 0.15) is 72.3 Å². The number of amides is 1. The lowest BCUT2D eigenvalue weighted by Gasteiger charge is -2.31. The second kappa shape index (κ2) is 10.4. The summed E-state index contributed by atoms with van der Waals surface area (Å²) in [4.78, 5) is 12.1. The van der Waals surface area contributed by atoms with E-state index in [4.69, 9.17) is 0 Å². The lowest BCUT2D eigenvalue weighted by molar-refractivity contribution is 0.0956. The molecule has 1 aliphatic carbocycles. The Balaban J connectivity index is 1.41. The van der Waals surface area contributed by atoms with Crippen molar-refractivity contribution in [1.82, 2.24) is 5.32 Å². The van der Waals surface area contributed by atoms with Crippen LogP contribution in [0, 0.1) is 5.92 Å². The van der Waals surface area contributed by atoms with Crippen molar-refractivity contribution in [2.24, 2.45) is 5.92 Å². The molecule has 3 atom stereocenters. The van der Waals surface area contributed by atoms with Gasteiger partial charge in [-0.2, -0.15) is 12.6 Å². The fourth-order valence-electron chi connectivity index (χ4n) is 5.29. The number of benzene rings is 3. The highest BCUT2D eigenvalue weighted by Crippen LogP contribution is 2.41. The van der Waals surface area contributed by atoms with Crippen molar-refractivity contribution in [3.63, 3.8) is 0 Å². The van der Waals surface area contributed by atoms with Crippen molar-refractivity contribution >= 4 is 29.3 Å². The molecule has 0 aromatic heterocycles. The first kappa shape index (κ1) is 22.0. The highest BCUT2D eigenvalue weighted by atomic mass is 32.1. The number of rotatable bonds is 7. The molecule has 1 aliphatic rings. The van der Waals surface area contributed by atoms with Gasteiger partial charge >= 0.3 is 0 Å². The Kier molecular flexibility index (Phi) is 7.34. The van der Waals surface area contributed by atoms with Crippen LogP contribution in [0.3, 0.4) is 0 Å². The molecular formula is C28H33NOS. The zero-order chi connectivity index (χ0) is 21.6. The largest absolute Gasteiger partial charge is 0.351 e. The van der Waals surface area contributed by atoms with Gasteiger partial charge < -0.3 is 5.32 Å². The van der Waals surface area contributed by atoms with Gasteiger partial charge in [-0.25, -0.2) is 0 Å². The highest BCUT2D eigenvalue weighted by molar-refractivity contribution is 7.80. The monoisotopic (exact) mass is 431 g/mol. The molecule has 3 heteroatoms. The SMILES string of the molecule is C[C@@H](CC1CCCC(c2ccc(C(=O)NCCS)cc2)C1)c1cccc2ccccc12. The summed E-state index contributed by atoms with van der Waals surface area (Å²) in [5.74, 6) is 2.57. The summed E-state index contributed by atoms with van der Waals surface area (Å²) in [5.41, 5.74) is 3.60. The van der Waals surface area contributed by atoms with Crippen LogP contribution in [0.2, 0.25) is 0 Å². The third-order valence-electron chi connectivity index (χ3n) is 6.87. The number of carbonyl (C=O) groups is 1. The Morgan fingerprint density at radius 1 is 1.03 bits per heavy atom. The Labute approximate surface area is 191 Å². The van der Waals surface area contributed by atoms with Gasteiger partial charge in [0.25, 0.3) is 5.91 Å². The summed E-state index contributed by atoms with van der Waals surface area (Å²) >= 11 is 4.15. The first-order valence-electron chi connectivity index (χ1n) is 11.6. The molecule has 0 aliphatic heterocycles. The molecule has 162 valence electrons. The van der Waals surface area contributed by atoms with Crippen LogP contribution in [-0.4, -0.2) is 18.2 Å². The van der Waals surface area contributed by atoms with Crippen molar-refractivity contribution in [2.75, 3.05) is 12.3 Å². The Morgan fingerprint density at radius 2 is 1.81 bits per heavy atom. The lowest BCUT2D eigenvalue weighted by atomic mass is 9.74. The van der Waals surface area contributed by atoms with Gasteiger partial charge in [0, 0.05) is 17.9 Å². The fraction of sp³-hybridized carbons (Fsp3) is 0.393. The van der Waals surface area contributed by atoms with E-state index in [-0.39, 0.29) is 5.91 Å². The minimum Gasteiger partial charge on any atom is -0.351 e. The summed E-state index contributed by atoms with van der Waals surface area (Å²) in [6.45, 7) is 2.99. The molecule has 0 radical (unpaired) electrons. The molecule has 1 saturated carbocycles. The third kappa shape index (κ3) is 5.33. The van der Waals surface area contributed by atoms with E-state index in [0.29, 0.717) is 24.1 Å². The van der Waals surface area contributed by atoms with E-state index in [1.54, 1.807) is 0 Å². The first-order chi connectivity index (χ1) is 15.2. The van der Waals surface area contributed by atoms with Crippen molar-refractivity contribution in [3.8, 4) is 0 Å². The van der Waals surface area contributed by atoms with Gasteiger partial charge in [-0.05, 0) is 71.0 Å². The van der Waals surface area contributed by atoms with Crippen LogP contribution in [0.25, 0.3) is 10.8 Å². The fourth-order valence-corrected chi connectivity index (χ4v) is 5.40. The van der Waals surface area contributed by atoms with E-state index in [0.717, 1.165) is 11.5 Å². The van der Waals surface area contributed by atoms with E-state index in [1.807, 2.05) is 12.1 Å². The smallest absolute Gasteiger partial charge is 0.251 e. The van der Waals surface area contributed by atoms with Crippen LogP contribution in [0.5, 0.6) is 0 Å². The van der Waals surface area contributed by atoms with Gasteiger partial charge in [-0.15, -0.1) is 0 Å². The molecule has 2 nitrogen and oxygen atoms in total. The summed E-state index contributed by atoms with van der Waals surface area (Å²) in [7, 11) is 0. The quantitative estimate of drug-likeness (QED) is 0.389. The van der Waals surface area contributed by atoms with Crippen molar-refractivity contribution in [3.05, 3.63) is 83.4 Å². The lowest BCUT2D eigenvalue weighted by Crippen LogP contribution is -2.25. The topological polar surface area (TPSA) is 29.1 Å². The van der Waals surface area contributed by atoms with Crippen LogP contribution in [-0.2, 0) is 0 Å². The molecule has 3 aromatic carbocycles. The first-order valence-corrected chi connectivity index (χ1v) is 12.3. The highest BCUT2D eigenvalue weighted by Gasteiger charge is 2.25. The van der Waals surface area contributed by atoms with Gasteiger partial charge in [-0.3, -0.25) is 4.79 Å². The molecule has 0 bridgehead atoms. The average Bonchev–Trinajstić information content (AvgIpc) is 2.82. The number of nitrogens with one attached hydrogen (secondary N) is 1. The maximum atomic E-state index is 12.1. The number of hydrogen-bond acceptors (Lipinski definition) is 2. The Morgan fingerprint density at radius 3 is 2.61 bits per heavy atom. The molecule has 1 amide bonds. The van der Waals surface area contributed by atoms with E-state index >= 15 is 0 Å². The standard InChI is InChI=1S/C28H33NOS/c1-20(26-11-5-8-23-7-2-3-10-27(23)26)18-21-6-4-9-25(19-21)22-12-14-24(15-13-22)28(30)29-16-17-31/h2-3,5,7-8,10-15,20-21,25,31H,4,6,9,16-19H2,1H3,(H,29,30)/t20-,21?,25?/m0/s1. The Bertz CT molecular complexity index is 1010. The summed E-state index contributed by atoms with van der Waals surface area (Å²) in [5, 5.41) is 5.63. The van der Waals surface area contributed by atoms with Crippen molar-refractivity contribution < 1.29 is 4.79 Å². The van der Waals surface area contributed by atoms with E-state index in [9.17, 15) is 4.79 Å². The minimum absolute atomic E-state index is 0.00830. The minimum atomic E-state index is -0.00830. The van der Waals surface area contributed by atoms with Crippen LogP contribution in [0.15, 0.2) is 66.7 Å². The number of carbonyl (C=O) groups excluding carboxylic acids is 1. The molecule has 0 saturated heterocycles. The molecule has 1 fully saturated rings. The molecule has 4 rings (SSSR count). The van der Waals surface area contributed by atoms with Crippen LogP contribution < -0.4 is 5.32 Å². The molecular weight excluding hydrogens is 398 g/mol. The van der Waals surface area contributed by atoms with Gasteiger partial charge in [0.1, 0.15) is 0 Å². The Hall–Kier alpha value is -2.26. The summed E-state index contributed by atoms with van der Waals surface area (Å²) in [6, 6.07) is 23.8. The zero-order valence-electron chi connectivity index (χ0n) is 18.4. The summed E-state index contributed by atoms with van der Waals surface area (Å²) < 4.78 is 0. The number of thiol groups is 1. The van der Waals surface area contributed by atoms with Gasteiger partial charge in [0.2, 0.25) is 0 Å². The van der Waals surface area contributed by atoms with E-state index < -0.39 is 0 Å². The molecule has 31 heavy (non-hydrogen) atoms. The second-order valence-electron chi connectivity index (χ2n) is 9.04. The molecule has 1 N–H and O–H groups in total.